The number of aliphatic carboxylic acids is 1. The molecule has 1 aromatic carbocycles. The maximum absolute atomic E-state index is 12.5. The number of carboxylic acids is 1. The fourth-order valence-electron chi connectivity index (χ4n) is 1.93. The Morgan fingerprint density at radius 3 is 2.43 bits per heavy atom. The summed E-state index contributed by atoms with van der Waals surface area (Å²) in [6.45, 7) is 2.91. The van der Waals surface area contributed by atoms with E-state index in [1.54, 1.807) is 32.0 Å². The number of rotatable bonds is 3. The number of hydrogen-bond donors (Lipinski definition) is 2. The second-order valence-corrected chi connectivity index (χ2v) is 5.92. The first-order valence-corrected chi connectivity index (χ1v) is 6.81. The van der Waals surface area contributed by atoms with Gasteiger partial charge in [-0.15, -0.1) is 0 Å². The molecule has 8 heteroatoms. The standard InChI is InChI=1S/C13H13Cl2N3O3/c1-13(2)11(21)18(12(17-13)16-6-10(19)20)9-4-7(14)3-8(15)5-9/h3-5H,6H2,1-2H3,(H,16,17)(H,19,20). The molecule has 0 aliphatic carbocycles. The van der Waals surface area contributed by atoms with Crippen LogP contribution in [0.1, 0.15) is 13.8 Å². The third-order valence-corrected chi connectivity index (χ3v) is 3.28. The van der Waals surface area contributed by atoms with Crippen molar-refractivity contribution in [1.82, 2.24) is 5.32 Å². The minimum Gasteiger partial charge on any atom is -0.480 e. The SMILES string of the molecule is CC1(C)NC(=NCC(=O)O)N(c2cc(Cl)cc(Cl)c2)C1=O. The molecule has 2 N–H and O–H groups in total. The van der Waals surface area contributed by atoms with E-state index >= 15 is 0 Å². The predicted octanol–water partition coefficient (Wildman–Crippen LogP) is 2.15. The molecular formula is C13H13Cl2N3O3. The van der Waals surface area contributed by atoms with Gasteiger partial charge in [0.25, 0.3) is 5.91 Å². The van der Waals surface area contributed by atoms with E-state index < -0.39 is 18.1 Å². The van der Waals surface area contributed by atoms with Gasteiger partial charge in [-0.25, -0.2) is 9.89 Å². The third kappa shape index (κ3) is 3.28. The number of nitrogens with zero attached hydrogens (tertiary/aromatic N) is 2. The second kappa shape index (κ2) is 5.54. The van der Waals surface area contributed by atoms with Crippen LogP contribution in [0, 0.1) is 0 Å². The van der Waals surface area contributed by atoms with Gasteiger partial charge in [0, 0.05) is 10.0 Å². The first kappa shape index (κ1) is 15.6. The van der Waals surface area contributed by atoms with Gasteiger partial charge in [-0.2, -0.15) is 0 Å². The maximum atomic E-state index is 12.5. The Hall–Kier alpha value is -1.79. The first-order valence-electron chi connectivity index (χ1n) is 6.06. The van der Waals surface area contributed by atoms with Crippen LogP contribution in [0.25, 0.3) is 0 Å². The number of halogens is 2. The van der Waals surface area contributed by atoms with Crippen molar-refractivity contribution in [3.8, 4) is 0 Å². The molecule has 0 atom stereocenters. The molecule has 0 spiro atoms. The molecule has 0 unspecified atom stereocenters. The van der Waals surface area contributed by atoms with Crippen molar-refractivity contribution < 1.29 is 14.7 Å². The van der Waals surface area contributed by atoms with Gasteiger partial charge in [-0.1, -0.05) is 23.2 Å². The van der Waals surface area contributed by atoms with E-state index in [1.807, 2.05) is 0 Å². The number of aliphatic imine (C=N–C) groups is 1. The third-order valence-electron chi connectivity index (χ3n) is 2.84. The van der Waals surface area contributed by atoms with Crippen LogP contribution in [0.3, 0.4) is 0 Å². The monoisotopic (exact) mass is 329 g/mol. The van der Waals surface area contributed by atoms with Gasteiger partial charge < -0.3 is 10.4 Å². The van der Waals surface area contributed by atoms with Crippen LogP contribution in [0.4, 0.5) is 5.69 Å². The molecule has 1 fully saturated rings. The molecule has 1 aromatic rings. The largest absolute Gasteiger partial charge is 0.480 e. The first-order chi connectivity index (χ1) is 9.70. The van der Waals surface area contributed by atoms with E-state index in [4.69, 9.17) is 28.3 Å². The summed E-state index contributed by atoms with van der Waals surface area (Å²) in [5.74, 6) is -1.21. The predicted molar refractivity (Wildman–Crippen MR) is 81.1 cm³/mol. The zero-order valence-electron chi connectivity index (χ0n) is 11.4. The molecule has 21 heavy (non-hydrogen) atoms. The molecule has 0 bridgehead atoms. The molecule has 0 aromatic heterocycles. The van der Waals surface area contributed by atoms with Crippen molar-refractivity contribution in [3.05, 3.63) is 28.2 Å². The minimum atomic E-state index is -1.09. The van der Waals surface area contributed by atoms with E-state index in [0.717, 1.165) is 0 Å². The topological polar surface area (TPSA) is 82.0 Å². The molecule has 1 saturated heterocycles. The number of carbonyl (C=O) groups is 2. The quantitative estimate of drug-likeness (QED) is 0.890. The van der Waals surface area contributed by atoms with Gasteiger partial charge in [0.15, 0.2) is 0 Å². The summed E-state index contributed by atoms with van der Waals surface area (Å²) in [6.07, 6.45) is 0. The summed E-state index contributed by atoms with van der Waals surface area (Å²) in [6, 6.07) is 4.66. The van der Waals surface area contributed by atoms with Crippen LogP contribution in [-0.2, 0) is 9.59 Å². The van der Waals surface area contributed by atoms with Gasteiger partial charge in [0.1, 0.15) is 12.1 Å². The van der Waals surface area contributed by atoms with Crippen LogP contribution in [0.15, 0.2) is 23.2 Å². The molecule has 0 saturated carbocycles. The highest BCUT2D eigenvalue weighted by atomic mass is 35.5. The Kier molecular flexibility index (Phi) is 4.11. The number of nitrogens with one attached hydrogen (secondary N) is 1. The molecule has 0 radical (unpaired) electrons. The Bertz CT molecular complexity index is 623. The summed E-state index contributed by atoms with van der Waals surface area (Å²) in [4.78, 5) is 28.3. The normalized spacial score (nSPS) is 19.0. The average molecular weight is 330 g/mol. The highest BCUT2D eigenvalue weighted by Crippen LogP contribution is 2.29. The fraction of sp³-hybridized carbons (Fsp3) is 0.308. The Labute approximate surface area is 131 Å². The minimum absolute atomic E-state index is 0.158. The number of hydrogen-bond acceptors (Lipinski definition) is 3. The van der Waals surface area contributed by atoms with Gasteiger partial charge in [-0.05, 0) is 32.0 Å². The molecule has 1 heterocycles. The summed E-state index contributed by atoms with van der Waals surface area (Å²) in [5, 5.41) is 12.4. The molecular weight excluding hydrogens is 317 g/mol. The Balaban J connectivity index is 2.48. The molecule has 112 valence electrons. The summed E-state index contributed by atoms with van der Waals surface area (Å²) < 4.78 is 0. The molecule has 2 rings (SSSR count). The maximum Gasteiger partial charge on any atom is 0.325 e. The van der Waals surface area contributed by atoms with E-state index in [0.29, 0.717) is 15.7 Å². The van der Waals surface area contributed by atoms with Crippen molar-refractivity contribution >= 4 is 46.7 Å². The number of benzene rings is 1. The lowest BCUT2D eigenvalue weighted by Crippen LogP contribution is -2.40. The van der Waals surface area contributed by atoms with Crippen LogP contribution in [0.2, 0.25) is 10.0 Å². The van der Waals surface area contributed by atoms with Crippen LogP contribution >= 0.6 is 23.2 Å². The summed E-state index contributed by atoms with van der Waals surface area (Å²) in [7, 11) is 0. The van der Waals surface area contributed by atoms with Crippen molar-refractivity contribution in [2.24, 2.45) is 4.99 Å². The van der Waals surface area contributed by atoms with Crippen molar-refractivity contribution in [1.29, 1.82) is 0 Å². The number of amides is 1. The molecule has 1 aliphatic heterocycles. The second-order valence-electron chi connectivity index (χ2n) is 5.05. The van der Waals surface area contributed by atoms with Crippen molar-refractivity contribution in [2.75, 3.05) is 11.4 Å². The zero-order chi connectivity index (χ0) is 15.8. The molecule has 1 amide bonds. The average Bonchev–Trinajstić information content (AvgIpc) is 2.56. The zero-order valence-corrected chi connectivity index (χ0v) is 12.9. The van der Waals surface area contributed by atoms with Gasteiger partial charge in [-0.3, -0.25) is 9.59 Å². The molecule has 6 nitrogen and oxygen atoms in total. The summed E-state index contributed by atoms with van der Waals surface area (Å²) in [5.41, 5.74) is -0.466. The van der Waals surface area contributed by atoms with E-state index in [2.05, 4.69) is 10.3 Å². The Morgan fingerprint density at radius 2 is 1.90 bits per heavy atom. The number of carboxylic acid groups (broad SMARTS) is 1. The van der Waals surface area contributed by atoms with Crippen LogP contribution in [-0.4, -0.2) is 35.0 Å². The number of carbonyl (C=O) groups excluding carboxylic acids is 1. The van der Waals surface area contributed by atoms with Gasteiger partial charge in [0.2, 0.25) is 5.96 Å². The van der Waals surface area contributed by atoms with E-state index in [-0.39, 0.29) is 11.9 Å². The number of anilines is 1. The smallest absolute Gasteiger partial charge is 0.325 e. The van der Waals surface area contributed by atoms with Crippen LogP contribution in [0.5, 0.6) is 0 Å². The highest BCUT2D eigenvalue weighted by Gasteiger charge is 2.43. The lowest BCUT2D eigenvalue weighted by atomic mass is 10.1. The number of guanidine groups is 1. The lowest BCUT2D eigenvalue weighted by molar-refractivity contribution is -0.135. The highest BCUT2D eigenvalue weighted by molar-refractivity contribution is 6.36. The van der Waals surface area contributed by atoms with Crippen LogP contribution < -0.4 is 10.2 Å². The summed E-state index contributed by atoms with van der Waals surface area (Å²) >= 11 is 11.9. The van der Waals surface area contributed by atoms with Crippen molar-refractivity contribution in [3.63, 3.8) is 0 Å². The Morgan fingerprint density at radius 1 is 1.33 bits per heavy atom. The fourth-order valence-corrected chi connectivity index (χ4v) is 2.44. The van der Waals surface area contributed by atoms with Gasteiger partial charge >= 0.3 is 5.97 Å². The van der Waals surface area contributed by atoms with E-state index in [1.165, 1.54) is 4.90 Å². The van der Waals surface area contributed by atoms with E-state index in [9.17, 15) is 9.59 Å². The lowest BCUT2D eigenvalue weighted by Gasteiger charge is -2.17. The van der Waals surface area contributed by atoms with Crippen molar-refractivity contribution in [2.45, 2.75) is 19.4 Å². The molecule has 1 aliphatic rings. The van der Waals surface area contributed by atoms with Gasteiger partial charge in [0.05, 0.1) is 5.69 Å².